The normalized spacial score (nSPS) is 19.0. The average Bonchev–Trinajstić information content (AvgIpc) is 2.85. The highest BCUT2D eigenvalue weighted by atomic mass is 16.5. The summed E-state index contributed by atoms with van der Waals surface area (Å²) in [5.74, 6) is -0.00182. The molecule has 172 valence electrons. The number of hydrogen-bond donors (Lipinski definition) is 1. The molecule has 0 radical (unpaired) electrons. The third kappa shape index (κ3) is 4.75. The molecule has 2 aliphatic rings. The van der Waals surface area contributed by atoms with Crippen molar-refractivity contribution in [3.05, 3.63) is 47.9 Å². The van der Waals surface area contributed by atoms with Crippen LogP contribution in [0.25, 0.3) is 11.2 Å². The molecule has 0 spiro atoms. The van der Waals surface area contributed by atoms with Crippen LogP contribution in [0, 0.1) is 19.8 Å². The molecule has 1 atom stereocenters. The number of nitrogens with zero attached hydrogens (tertiary/aromatic N) is 5. The van der Waals surface area contributed by atoms with E-state index in [-0.39, 0.29) is 11.8 Å². The number of carbonyl (C=O) groups excluding carboxylic acids is 1. The van der Waals surface area contributed by atoms with Crippen molar-refractivity contribution in [3.8, 4) is 0 Å². The summed E-state index contributed by atoms with van der Waals surface area (Å²) in [7, 11) is 0. The van der Waals surface area contributed by atoms with E-state index in [1.807, 2.05) is 38.2 Å². The predicted octanol–water partition coefficient (Wildman–Crippen LogP) is 3.33. The standard InChI is InChI=1S/C25H30N6O2/c1-17-18(2)28-24-23(27-17)14-22(15-26-24)31-9-3-4-19(16-31)25(32)29-20-5-7-21(8-6-20)30-10-12-33-13-11-30/h5-8,14-15,19H,3-4,9-13,16H2,1-2H3,(H,29,32)/t19-/m1/s1. The SMILES string of the molecule is Cc1nc2cc(N3CCC[C@@H](C(=O)Nc4ccc(N5CCOCC5)cc4)C3)cnc2nc1C. The van der Waals surface area contributed by atoms with Crippen molar-refractivity contribution in [1.82, 2.24) is 15.0 Å². The molecule has 0 aliphatic carbocycles. The van der Waals surface area contributed by atoms with Gasteiger partial charge in [0.25, 0.3) is 0 Å². The Morgan fingerprint density at radius 1 is 1.00 bits per heavy atom. The average molecular weight is 447 g/mol. The summed E-state index contributed by atoms with van der Waals surface area (Å²) in [6.07, 6.45) is 3.69. The molecule has 1 amide bonds. The van der Waals surface area contributed by atoms with Gasteiger partial charge in [-0.3, -0.25) is 4.79 Å². The number of hydrogen-bond acceptors (Lipinski definition) is 7. The number of pyridine rings is 1. The minimum absolute atomic E-state index is 0.0684. The van der Waals surface area contributed by atoms with Crippen LogP contribution in [0.3, 0.4) is 0 Å². The number of morpholine rings is 1. The molecule has 0 bridgehead atoms. The molecule has 1 aromatic carbocycles. The number of ether oxygens (including phenoxy) is 1. The maximum atomic E-state index is 13.0. The van der Waals surface area contributed by atoms with Crippen LogP contribution in [-0.4, -0.2) is 60.3 Å². The zero-order valence-electron chi connectivity index (χ0n) is 19.3. The molecule has 8 nitrogen and oxygen atoms in total. The van der Waals surface area contributed by atoms with Crippen molar-refractivity contribution in [2.75, 3.05) is 54.5 Å². The smallest absolute Gasteiger partial charge is 0.229 e. The number of benzene rings is 1. The Morgan fingerprint density at radius 2 is 1.76 bits per heavy atom. The van der Waals surface area contributed by atoms with Gasteiger partial charge in [-0.2, -0.15) is 0 Å². The lowest BCUT2D eigenvalue weighted by atomic mass is 9.96. The Bertz CT molecular complexity index is 1140. The second-order valence-electron chi connectivity index (χ2n) is 8.85. The van der Waals surface area contributed by atoms with Gasteiger partial charge in [0.1, 0.15) is 5.52 Å². The van der Waals surface area contributed by atoms with Gasteiger partial charge in [-0.25, -0.2) is 15.0 Å². The summed E-state index contributed by atoms with van der Waals surface area (Å²) in [5.41, 5.74) is 6.26. The number of fused-ring (bicyclic) bond motifs is 1. The van der Waals surface area contributed by atoms with Crippen LogP contribution < -0.4 is 15.1 Å². The van der Waals surface area contributed by atoms with Gasteiger partial charge in [-0.15, -0.1) is 0 Å². The second-order valence-corrected chi connectivity index (χ2v) is 8.85. The monoisotopic (exact) mass is 446 g/mol. The maximum Gasteiger partial charge on any atom is 0.229 e. The first-order chi connectivity index (χ1) is 16.1. The first kappa shape index (κ1) is 21.6. The van der Waals surface area contributed by atoms with Crippen LogP contribution >= 0.6 is 0 Å². The quantitative estimate of drug-likeness (QED) is 0.658. The number of rotatable bonds is 4. The molecule has 2 aromatic heterocycles. The van der Waals surface area contributed by atoms with E-state index in [4.69, 9.17) is 4.74 Å². The first-order valence-electron chi connectivity index (χ1n) is 11.7. The lowest BCUT2D eigenvalue weighted by Crippen LogP contribution is -2.40. The fourth-order valence-electron chi connectivity index (χ4n) is 4.53. The molecule has 2 aliphatic heterocycles. The number of aromatic nitrogens is 3. The summed E-state index contributed by atoms with van der Waals surface area (Å²) in [5, 5.41) is 3.11. The topological polar surface area (TPSA) is 83.5 Å². The Labute approximate surface area is 194 Å². The van der Waals surface area contributed by atoms with Gasteiger partial charge in [-0.05, 0) is 57.0 Å². The molecule has 3 aromatic rings. The molecule has 5 rings (SSSR count). The second kappa shape index (κ2) is 9.31. The van der Waals surface area contributed by atoms with E-state index in [9.17, 15) is 4.79 Å². The fourth-order valence-corrected chi connectivity index (χ4v) is 4.53. The van der Waals surface area contributed by atoms with E-state index in [0.29, 0.717) is 12.2 Å². The highest BCUT2D eigenvalue weighted by molar-refractivity contribution is 5.93. The zero-order chi connectivity index (χ0) is 22.8. The van der Waals surface area contributed by atoms with Crippen molar-refractivity contribution in [2.45, 2.75) is 26.7 Å². The number of carbonyl (C=O) groups is 1. The van der Waals surface area contributed by atoms with E-state index in [2.05, 4.69) is 42.2 Å². The van der Waals surface area contributed by atoms with Gasteiger partial charge in [0.2, 0.25) is 5.91 Å². The van der Waals surface area contributed by atoms with Gasteiger partial charge in [0, 0.05) is 37.6 Å². The summed E-state index contributed by atoms with van der Waals surface area (Å²) in [6.45, 7) is 8.80. The lowest BCUT2D eigenvalue weighted by molar-refractivity contribution is -0.120. The van der Waals surface area contributed by atoms with E-state index in [1.165, 1.54) is 0 Å². The minimum Gasteiger partial charge on any atom is -0.378 e. The van der Waals surface area contributed by atoms with Crippen molar-refractivity contribution in [1.29, 1.82) is 0 Å². The van der Waals surface area contributed by atoms with Gasteiger partial charge in [0.05, 0.1) is 42.4 Å². The molecule has 8 heteroatoms. The number of anilines is 3. The van der Waals surface area contributed by atoms with Crippen LogP contribution in [-0.2, 0) is 9.53 Å². The molecular formula is C25H30N6O2. The van der Waals surface area contributed by atoms with Crippen LogP contribution in [0.5, 0.6) is 0 Å². The van der Waals surface area contributed by atoms with E-state index in [1.54, 1.807) is 0 Å². The highest BCUT2D eigenvalue weighted by Gasteiger charge is 2.26. The Morgan fingerprint density at radius 3 is 2.55 bits per heavy atom. The maximum absolute atomic E-state index is 13.0. The van der Waals surface area contributed by atoms with E-state index >= 15 is 0 Å². The summed E-state index contributed by atoms with van der Waals surface area (Å²) in [4.78, 5) is 31.2. The zero-order valence-corrected chi connectivity index (χ0v) is 19.3. The van der Waals surface area contributed by atoms with Crippen molar-refractivity contribution in [2.24, 2.45) is 5.92 Å². The van der Waals surface area contributed by atoms with Gasteiger partial charge in [0.15, 0.2) is 5.65 Å². The molecule has 4 heterocycles. The van der Waals surface area contributed by atoms with Crippen molar-refractivity contribution >= 4 is 34.1 Å². The van der Waals surface area contributed by atoms with E-state index in [0.717, 1.165) is 79.7 Å². The molecule has 2 saturated heterocycles. The summed E-state index contributed by atoms with van der Waals surface area (Å²) >= 11 is 0. The Kier molecular flexibility index (Phi) is 6.09. The minimum atomic E-state index is -0.0702. The number of aryl methyl sites for hydroxylation is 2. The third-order valence-corrected chi connectivity index (χ3v) is 6.59. The molecule has 1 N–H and O–H groups in total. The van der Waals surface area contributed by atoms with Crippen LogP contribution in [0.2, 0.25) is 0 Å². The van der Waals surface area contributed by atoms with Crippen LogP contribution in [0.15, 0.2) is 36.5 Å². The molecule has 2 fully saturated rings. The predicted molar refractivity (Wildman–Crippen MR) is 130 cm³/mol. The molecule has 33 heavy (non-hydrogen) atoms. The van der Waals surface area contributed by atoms with Gasteiger partial charge in [-0.1, -0.05) is 0 Å². The molecule has 0 unspecified atom stereocenters. The van der Waals surface area contributed by atoms with Crippen molar-refractivity contribution < 1.29 is 9.53 Å². The highest BCUT2D eigenvalue weighted by Crippen LogP contribution is 2.26. The Hall–Kier alpha value is -3.26. The van der Waals surface area contributed by atoms with E-state index < -0.39 is 0 Å². The molecular weight excluding hydrogens is 416 g/mol. The summed E-state index contributed by atoms with van der Waals surface area (Å²) in [6, 6.07) is 10.1. The van der Waals surface area contributed by atoms with Gasteiger partial charge < -0.3 is 19.9 Å². The van der Waals surface area contributed by atoms with Crippen LogP contribution in [0.1, 0.15) is 24.2 Å². The third-order valence-electron chi connectivity index (χ3n) is 6.59. The van der Waals surface area contributed by atoms with Gasteiger partial charge >= 0.3 is 0 Å². The summed E-state index contributed by atoms with van der Waals surface area (Å²) < 4.78 is 5.42. The number of amides is 1. The number of nitrogens with one attached hydrogen (secondary N) is 1. The first-order valence-corrected chi connectivity index (χ1v) is 11.7. The number of piperidine rings is 1. The lowest BCUT2D eigenvalue weighted by Gasteiger charge is -2.33. The van der Waals surface area contributed by atoms with Crippen molar-refractivity contribution in [3.63, 3.8) is 0 Å². The fraction of sp³-hybridized carbons (Fsp3) is 0.440. The molecule has 0 saturated carbocycles. The largest absolute Gasteiger partial charge is 0.378 e. The van der Waals surface area contributed by atoms with Crippen LogP contribution in [0.4, 0.5) is 17.1 Å². The Balaban J connectivity index is 1.24.